The molecule has 2 rings (SSSR count). The summed E-state index contributed by atoms with van der Waals surface area (Å²) in [5.41, 5.74) is 0. The summed E-state index contributed by atoms with van der Waals surface area (Å²) in [7, 11) is 0. The molecule has 2 aromatic rings. The molecule has 0 aliphatic rings. The molecule has 0 saturated heterocycles. The normalized spacial score (nSPS) is 10.8. The lowest BCUT2D eigenvalue weighted by Crippen LogP contribution is -2.02. The molecule has 2 nitrogen and oxygen atoms in total. The van der Waals surface area contributed by atoms with Crippen molar-refractivity contribution in [2.24, 2.45) is 0 Å². The number of esters is 1. The predicted molar refractivity (Wildman–Crippen MR) is 74.6 cm³/mol. The maximum atomic E-state index is 11.8. The first kappa shape index (κ1) is 12.7. The van der Waals surface area contributed by atoms with Gasteiger partial charge in [-0.1, -0.05) is 23.7 Å². The van der Waals surface area contributed by atoms with Crippen LogP contribution in [0, 0.1) is 0 Å². The number of carbonyl (C=O) groups is 1. The highest BCUT2D eigenvalue weighted by atomic mass is 35.5. The van der Waals surface area contributed by atoms with Crippen LogP contribution in [0.5, 0.6) is 0 Å². The molecule has 0 atom stereocenters. The molecule has 90 valence electrons. The number of hydrogen-bond acceptors (Lipinski definition) is 4. The topological polar surface area (TPSA) is 26.3 Å². The largest absolute Gasteiger partial charge is 0.462 e. The first-order valence-electron chi connectivity index (χ1n) is 5.11. The number of ether oxygens (including phenoxy) is 1. The molecular formula is C12H11ClO2S2. The second-order valence-electron chi connectivity index (χ2n) is 3.31. The summed E-state index contributed by atoms with van der Waals surface area (Å²) in [5, 5.41) is 2.51. The van der Waals surface area contributed by atoms with E-state index in [0.29, 0.717) is 16.5 Å². The van der Waals surface area contributed by atoms with Crippen molar-refractivity contribution >= 4 is 51.4 Å². The van der Waals surface area contributed by atoms with Crippen LogP contribution in [0.15, 0.2) is 22.4 Å². The monoisotopic (exact) mass is 286 g/mol. The van der Waals surface area contributed by atoms with E-state index in [0.717, 1.165) is 15.0 Å². The van der Waals surface area contributed by atoms with Gasteiger partial charge in [0.25, 0.3) is 0 Å². The Morgan fingerprint density at radius 2 is 2.29 bits per heavy atom. The number of carbonyl (C=O) groups excluding carboxylic acids is 1. The molecule has 1 aromatic carbocycles. The molecular weight excluding hydrogens is 276 g/mol. The molecule has 0 bridgehead atoms. The number of thiophene rings is 1. The van der Waals surface area contributed by atoms with Gasteiger partial charge in [-0.3, -0.25) is 0 Å². The van der Waals surface area contributed by atoms with Gasteiger partial charge in [-0.25, -0.2) is 4.79 Å². The Labute approximate surface area is 113 Å². The van der Waals surface area contributed by atoms with Gasteiger partial charge in [-0.05, 0) is 19.2 Å². The zero-order valence-corrected chi connectivity index (χ0v) is 11.8. The summed E-state index contributed by atoms with van der Waals surface area (Å²) < 4.78 is 6.10. The molecule has 0 fully saturated rings. The third kappa shape index (κ3) is 2.30. The quantitative estimate of drug-likeness (QED) is 0.616. The van der Waals surface area contributed by atoms with E-state index in [1.807, 2.05) is 24.5 Å². The number of thioether (sulfide) groups is 1. The summed E-state index contributed by atoms with van der Waals surface area (Å²) in [4.78, 5) is 12.5. The van der Waals surface area contributed by atoms with Gasteiger partial charge in [0, 0.05) is 10.8 Å². The lowest BCUT2D eigenvalue weighted by Gasteiger charge is -1.99. The van der Waals surface area contributed by atoms with Gasteiger partial charge in [0.15, 0.2) is 0 Å². The van der Waals surface area contributed by atoms with Crippen LogP contribution in [-0.2, 0) is 4.74 Å². The van der Waals surface area contributed by atoms with Gasteiger partial charge in [0.2, 0.25) is 0 Å². The molecule has 0 N–H and O–H groups in total. The van der Waals surface area contributed by atoms with Gasteiger partial charge in [-0.2, -0.15) is 0 Å². The third-order valence-electron chi connectivity index (χ3n) is 2.30. The van der Waals surface area contributed by atoms with Crippen molar-refractivity contribution < 1.29 is 9.53 Å². The summed E-state index contributed by atoms with van der Waals surface area (Å²) in [6.07, 6.45) is 1.98. The molecule has 1 heterocycles. The van der Waals surface area contributed by atoms with Crippen molar-refractivity contribution in [1.82, 2.24) is 0 Å². The number of fused-ring (bicyclic) bond motifs is 1. The number of hydrogen-bond donors (Lipinski definition) is 0. The van der Waals surface area contributed by atoms with E-state index in [-0.39, 0.29) is 5.97 Å². The van der Waals surface area contributed by atoms with Gasteiger partial charge in [-0.15, -0.1) is 23.1 Å². The average Bonchev–Trinajstić information content (AvgIpc) is 2.69. The van der Waals surface area contributed by atoms with E-state index in [1.165, 1.54) is 11.3 Å². The van der Waals surface area contributed by atoms with E-state index in [9.17, 15) is 4.79 Å². The lowest BCUT2D eigenvalue weighted by atomic mass is 10.2. The molecule has 5 heteroatoms. The molecule has 0 unspecified atom stereocenters. The summed E-state index contributed by atoms with van der Waals surface area (Å²) >= 11 is 9.21. The molecule has 0 spiro atoms. The zero-order valence-electron chi connectivity index (χ0n) is 9.45. The van der Waals surface area contributed by atoms with Crippen molar-refractivity contribution in [2.75, 3.05) is 12.9 Å². The first-order chi connectivity index (χ1) is 8.19. The number of rotatable bonds is 3. The van der Waals surface area contributed by atoms with E-state index in [4.69, 9.17) is 16.3 Å². The maximum Gasteiger partial charge on any atom is 0.348 e. The Balaban J connectivity index is 2.65. The highest BCUT2D eigenvalue weighted by Gasteiger charge is 2.19. The van der Waals surface area contributed by atoms with E-state index in [1.54, 1.807) is 18.7 Å². The fourth-order valence-corrected chi connectivity index (χ4v) is 3.93. The minimum Gasteiger partial charge on any atom is -0.462 e. The first-order valence-corrected chi connectivity index (χ1v) is 7.53. The fourth-order valence-electron chi connectivity index (χ4n) is 1.61. The SMILES string of the molecule is CCOC(=O)c1sc(SC)c2c(Cl)cccc12. The minimum absolute atomic E-state index is 0.273. The number of halogens is 1. The van der Waals surface area contributed by atoms with Gasteiger partial charge in [0.1, 0.15) is 4.88 Å². The fraction of sp³-hybridized carbons (Fsp3) is 0.250. The predicted octanol–water partition coefficient (Wildman–Crippen LogP) is 4.45. The Bertz CT molecular complexity index is 563. The van der Waals surface area contributed by atoms with Gasteiger partial charge < -0.3 is 4.74 Å². The summed E-state index contributed by atoms with van der Waals surface area (Å²) in [6, 6.07) is 5.60. The average molecular weight is 287 g/mol. The van der Waals surface area contributed by atoms with Crippen LogP contribution in [0.4, 0.5) is 0 Å². The smallest absolute Gasteiger partial charge is 0.348 e. The van der Waals surface area contributed by atoms with E-state index < -0.39 is 0 Å². The van der Waals surface area contributed by atoms with Crippen LogP contribution in [0.2, 0.25) is 5.02 Å². The standard InChI is InChI=1S/C12H11ClO2S2/c1-3-15-11(14)10-7-5-4-6-8(13)9(7)12(16-2)17-10/h4-6H,3H2,1-2H3. The van der Waals surface area contributed by atoms with Crippen LogP contribution in [0.25, 0.3) is 10.8 Å². The summed E-state index contributed by atoms with van der Waals surface area (Å²) in [5.74, 6) is -0.273. The van der Waals surface area contributed by atoms with Gasteiger partial charge >= 0.3 is 5.97 Å². The Morgan fingerprint density at radius 3 is 2.94 bits per heavy atom. The van der Waals surface area contributed by atoms with E-state index >= 15 is 0 Å². The number of benzene rings is 1. The maximum absolute atomic E-state index is 11.8. The van der Waals surface area contributed by atoms with Crippen molar-refractivity contribution in [1.29, 1.82) is 0 Å². The Kier molecular flexibility index (Phi) is 3.97. The molecule has 17 heavy (non-hydrogen) atoms. The van der Waals surface area contributed by atoms with Crippen LogP contribution in [0.1, 0.15) is 16.6 Å². The van der Waals surface area contributed by atoms with Crippen molar-refractivity contribution in [2.45, 2.75) is 11.1 Å². The highest BCUT2D eigenvalue weighted by molar-refractivity contribution is 8.00. The summed E-state index contributed by atoms with van der Waals surface area (Å²) in [6.45, 7) is 2.18. The molecule has 1 aromatic heterocycles. The molecule has 0 saturated carbocycles. The van der Waals surface area contributed by atoms with Crippen molar-refractivity contribution in [3.8, 4) is 0 Å². The van der Waals surface area contributed by atoms with Crippen molar-refractivity contribution in [3.63, 3.8) is 0 Å². The lowest BCUT2D eigenvalue weighted by molar-refractivity contribution is 0.0534. The van der Waals surface area contributed by atoms with Crippen LogP contribution < -0.4 is 0 Å². The van der Waals surface area contributed by atoms with Crippen LogP contribution in [-0.4, -0.2) is 18.8 Å². The Morgan fingerprint density at radius 1 is 1.53 bits per heavy atom. The van der Waals surface area contributed by atoms with E-state index in [2.05, 4.69) is 0 Å². The zero-order chi connectivity index (χ0) is 12.4. The molecule has 0 aliphatic heterocycles. The minimum atomic E-state index is -0.273. The second-order valence-corrected chi connectivity index (χ2v) is 5.81. The molecule has 0 amide bonds. The van der Waals surface area contributed by atoms with Crippen LogP contribution >= 0.6 is 34.7 Å². The Hall–Kier alpha value is -0.710. The highest BCUT2D eigenvalue weighted by Crippen LogP contribution is 2.41. The van der Waals surface area contributed by atoms with Gasteiger partial charge in [0.05, 0.1) is 15.8 Å². The third-order valence-corrected chi connectivity index (χ3v) is 4.92. The van der Waals surface area contributed by atoms with Crippen molar-refractivity contribution in [3.05, 3.63) is 28.1 Å². The molecule has 0 aliphatic carbocycles. The second kappa shape index (κ2) is 5.29. The van der Waals surface area contributed by atoms with Crippen LogP contribution in [0.3, 0.4) is 0 Å². The molecule has 0 radical (unpaired) electrons.